The Kier molecular flexibility index (Phi) is 3.22. The van der Waals surface area contributed by atoms with Crippen LogP contribution in [0.4, 0.5) is 0 Å². The van der Waals surface area contributed by atoms with Crippen molar-refractivity contribution in [1.82, 2.24) is 10.3 Å². The molecule has 5 heteroatoms. The monoisotopic (exact) mass is 130 g/mol. The molecule has 0 saturated carbocycles. The zero-order valence-electron chi connectivity index (χ0n) is 5.16. The first kappa shape index (κ1) is 7.77. The van der Waals surface area contributed by atoms with Crippen LogP contribution in [0.5, 0.6) is 0 Å². The summed E-state index contributed by atoms with van der Waals surface area (Å²) in [7, 11) is 1.60. The molecule has 5 nitrogen and oxygen atoms in total. The first-order chi connectivity index (χ1) is 4.16. The van der Waals surface area contributed by atoms with Crippen molar-refractivity contribution in [3.05, 3.63) is 12.0 Å². The quantitative estimate of drug-likeness (QED) is 0.241. The molecule has 0 aromatic heterocycles. The summed E-state index contributed by atoms with van der Waals surface area (Å²) in [5, 5.41) is 3.46. The van der Waals surface area contributed by atoms with E-state index in [1.165, 1.54) is 11.2 Å². The predicted molar refractivity (Wildman–Crippen MR) is 33.4 cm³/mol. The molecule has 0 radical (unpaired) electrons. The summed E-state index contributed by atoms with van der Waals surface area (Å²) >= 11 is 0. The molecule has 0 saturated heterocycles. The van der Waals surface area contributed by atoms with Crippen LogP contribution in [0.25, 0.3) is 0 Å². The van der Waals surface area contributed by atoms with Crippen LogP contribution < -0.4 is 16.9 Å². The smallest absolute Gasteiger partial charge is 0.212 e. The van der Waals surface area contributed by atoms with E-state index >= 15 is 0 Å². The minimum absolute atomic E-state index is 0.218. The topological polar surface area (TPSA) is 84.4 Å². The molecule has 0 rings (SSSR count). The molecule has 0 heterocycles. The second kappa shape index (κ2) is 3.73. The lowest BCUT2D eigenvalue weighted by atomic mass is 10.7. The van der Waals surface area contributed by atoms with E-state index in [4.69, 9.17) is 11.6 Å². The molecule has 0 bridgehead atoms. The van der Waals surface area contributed by atoms with Gasteiger partial charge in [-0.15, -0.1) is 0 Å². The summed E-state index contributed by atoms with van der Waals surface area (Å²) in [5.41, 5.74) is 5.18. The van der Waals surface area contributed by atoms with Crippen LogP contribution in [0.2, 0.25) is 0 Å². The van der Waals surface area contributed by atoms with Crippen LogP contribution in [-0.4, -0.2) is 18.5 Å². The summed E-state index contributed by atoms with van der Waals surface area (Å²) in [6.07, 6.45) is 1.86. The Hall–Kier alpha value is -1.23. The van der Waals surface area contributed by atoms with Crippen LogP contribution in [0.1, 0.15) is 0 Å². The molecular weight excluding hydrogens is 120 g/mol. The molecule has 0 aromatic carbocycles. The molecule has 5 N–H and O–H groups in total. The number of nitrogens with zero attached hydrogens (tertiary/aromatic N) is 1. The van der Waals surface area contributed by atoms with E-state index in [1.54, 1.807) is 7.05 Å². The van der Waals surface area contributed by atoms with Gasteiger partial charge in [0.15, 0.2) is 0 Å². The van der Waals surface area contributed by atoms with Crippen LogP contribution in [0.3, 0.4) is 0 Å². The summed E-state index contributed by atoms with van der Waals surface area (Å²) in [4.78, 5) is 9.71. The number of nitrogens with two attached hydrogens (primary N) is 2. The van der Waals surface area contributed by atoms with Crippen LogP contribution in [-0.2, 0) is 4.79 Å². The number of rotatable bonds is 3. The molecule has 0 unspecified atom stereocenters. The van der Waals surface area contributed by atoms with Crippen molar-refractivity contribution in [3.8, 4) is 0 Å². The van der Waals surface area contributed by atoms with Crippen molar-refractivity contribution in [2.75, 3.05) is 7.05 Å². The Balaban J connectivity index is 3.68. The molecule has 0 aliphatic rings. The standard InChI is InChI=1S/C4H10N4O/c1-8(6)2-4(5)7-3-9/h2-3H,5-6H2,1H3,(H,7,9)/b4-2+. The lowest BCUT2D eigenvalue weighted by Crippen LogP contribution is -2.26. The van der Waals surface area contributed by atoms with Crippen molar-refractivity contribution in [3.63, 3.8) is 0 Å². The molecule has 0 aromatic rings. The first-order valence-corrected chi connectivity index (χ1v) is 2.32. The number of hydrogen-bond donors (Lipinski definition) is 3. The average Bonchev–Trinajstić information content (AvgIpc) is 1.63. The number of carbonyl (C=O) groups is 1. The molecule has 0 atom stereocenters. The third-order valence-corrected chi connectivity index (χ3v) is 0.568. The maximum atomic E-state index is 9.71. The lowest BCUT2D eigenvalue weighted by molar-refractivity contribution is -0.108. The predicted octanol–water partition coefficient (Wildman–Crippen LogP) is -1.70. The number of hydrogen-bond acceptors (Lipinski definition) is 4. The fraction of sp³-hybridized carbons (Fsp3) is 0.250. The number of nitrogens with one attached hydrogen (secondary N) is 1. The molecule has 1 amide bonds. The summed E-state index contributed by atoms with van der Waals surface area (Å²) in [6.45, 7) is 0. The Bertz CT molecular complexity index is 120. The van der Waals surface area contributed by atoms with E-state index in [0.717, 1.165) is 0 Å². The van der Waals surface area contributed by atoms with E-state index in [9.17, 15) is 4.79 Å². The second-order valence-electron chi connectivity index (χ2n) is 1.51. The highest BCUT2D eigenvalue weighted by atomic mass is 16.1. The van der Waals surface area contributed by atoms with Gasteiger partial charge in [0.1, 0.15) is 5.82 Å². The summed E-state index contributed by atoms with van der Waals surface area (Å²) in [5.74, 6) is 5.36. The van der Waals surface area contributed by atoms with Gasteiger partial charge in [-0.05, 0) is 0 Å². The largest absolute Gasteiger partial charge is 0.384 e. The number of hydrazine groups is 1. The van der Waals surface area contributed by atoms with Gasteiger partial charge in [0, 0.05) is 7.05 Å². The van der Waals surface area contributed by atoms with Gasteiger partial charge in [-0.3, -0.25) is 4.79 Å². The lowest BCUT2D eigenvalue weighted by Gasteiger charge is -2.05. The Morgan fingerprint density at radius 3 is 2.67 bits per heavy atom. The highest BCUT2D eigenvalue weighted by Gasteiger charge is 1.84. The fourth-order valence-corrected chi connectivity index (χ4v) is 0.325. The molecule has 0 aliphatic carbocycles. The SMILES string of the molecule is CN(N)/C=C(\N)NC=O. The summed E-state index contributed by atoms with van der Waals surface area (Å²) < 4.78 is 0. The average molecular weight is 130 g/mol. The van der Waals surface area contributed by atoms with Gasteiger partial charge in [-0.25, -0.2) is 5.84 Å². The maximum absolute atomic E-state index is 9.71. The van der Waals surface area contributed by atoms with E-state index in [0.29, 0.717) is 6.41 Å². The Morgan fingerprint density at radius 2 is 2.33 bits per heavy atom. The van der Waals surface area contributed by atoms with Crippen LogP contribution in [0.15, 0.2) is 12.0 Å². The molecular formula is C4H10N4O. The highest BCUT2D eigenvalue weighted by molar-refractivity contribution is 5.49. The normalized spacial score (nSPS) is 10.7. The molecule has 0 spiro atoms. The zero-order valence-corrected chi connectivity index (χ0v) is 5.16. The third kappa shape index (κ3) is 4.63. The molecule has 52 valence electrons. The van der Waals surface area contributed by atoms with Crippen LogP contribution >= 0.6 is 0 Å². The minimum Gasteiger partial charge on any atom is -0.384 e. The van der Waals surface area contributed by atoms with Crippen LogP contribution in [0, 0.1) is 0 Å². The summed E-state index contributed by atoms with van der Waals surface area (Å²) in [6, 6.07) is 0. The number of amides is 1. The molecule has 0 fully saturated rings. The maximum Gasteiger partial charge on any atom is 0.212 e. The fourth-order valence-electron chi connectivity index (χ4n) is 0.325. The van der Waals surface area contributed by atoms with Gasteiger partial charge < -0.3 is 16.1 Å². The van der Waals surface area contributed by atoms with E-state index < -0.39 is 0 Å². The van der Waals surface area contributed by atoms with Gasteiger partial charge in [0.2, 0.25) is 6.41 Å². The van der Waals surface area contributed by atoms with Gasteiger partial charge in [0.25, 0.3) is 0 Å². The van der Waals surface area contributed by atoms with Crippen molar-refractivity contribution < 1.29 is 4.79 Å². The van der Waals surface area contributed by atoms with Crippen molar-refractivity contribution >= 4 is 6.41 Å². The zero-order chi connectivity index (χ0) is 7.28. The van der Waals surface area contributed by atoms with Crippen molar-refractivity contribution in [1.29, 1.82) is 0 Å². The molecule has 9 heavy (non-hydrogen) atoms. The van der Waals surface area contributed by atoms with Gasteiger partial charge >= 0.3 is 0 Å². The van der Waals surface area contributed by atoms with E-state index in [2.05, 4.69) is 5.32 Å². The van der Waals surface area contributed by atoms with Crippen molar-refractivity contribution in [2.24, 2.45) is 11.6 Å². The van der Waals surface area contributed by atoms with Crippen molar-refractivity contribution in [2.45, 2.75) is 0 Å². The van der Waals surface area contributed by atoms with E-state index in [-0.39, 0.29) is 5.82 Å². The van der Waals surface area contributed by atoms with Gasteiger partial charge in [0.05, 0.1) is 6.20 Å². The Labute approximate surface area is 53.3 Å². The molecule has 0 aliphatic heterocycles. The highest BCUT2D eigenvalue weighted by Crippen LogP contribution is 1.74. The van der Waals surface area contributed by atoms with Gasteiger partial charge in [-0.1, -0.05) is 0 Å². The minimum atomic E-state index is 0.218. The van der Waals surface area contributed by atoms with E-state index in [1.807, 2.05) is 0 Å². The first-order valence-electron chi connectivity index (χ1n) is 2.32. The van der Waals surface area contributed by atoms with Gasteiger partial charge in [-0.2, -0.15) is 0 Å². The third-order valence-electron chi connectivity index (χ3n) is 0.568. The Morgan fingerprint density at radius 1 is 1.78 bits per heavy atom. The second-order valence-corrected chi connectivity index (χ2v) is 1.51. The number of carbonyl (C=O) groups excluding carboxylic acids is 1.